The Balaban J connectivity index is -0.000000313. The molecule has 0 heterocycles. The van der Waals surface area contributed by atoms with Gasteiger partial charge in [-0.05, 0) is 13.8 Å². The van der Waals surface area contributed by atoms with E-state index in [1.807, 2.05) is 0 Å². The van der Waals surface area contributed by atoms with E-state index in [-0.39, 0.29) is 40.7 Å². The van der Waals surface area contributed by atoms with Gasteiger partial charge in [0.15, 0.2) is 0 Å². The predicted octanol–water partition coefficient (Wildman–Crippen LogP) is -2.70. The molecule has 19 heavy (non-hydrogen) atoms. The molecule has 0 saturated carbocycles. The van der Waals surface area contributed by atoms with Crippen LogP contribution in [0.2, 0.25) is 0 Å². The zero-order valence-electron chi connectivity index (χ0n) is 11.1. The minimum absolute atomic E-state index is 0. The largest absolute Gasteiger partial charge is 1.00 e. The monoisotopic (exact) mass is 302 g/mol. The summed E-state index contributed by atoms with van der Waals surface area (Å²) in [5, 5.41) is 7.89. The van der Waals surface area contributed by atoms with Crippen molar-refractivity contribution in [2.45, 2.75) is 13.8 Å². The molecule has 0 saturated heterocycles. The van der Waals surface area contributed by atoms with Gasteiger partial charge >= 0.3 is 41.5 Å². The number of esters is 1. The molecular formula is C10H15NaO7S. The second-order valence-electron chi connectivity index (χ2n) is 3.26. The van der Waals surface area contributed by atoms with Crippen LogP contribution >= 0.6 is 0 Å². The van der Waals surface area contributed by atoms with Crippen molar-refractivity contribution >= 4 is 22.1 Å². The SMILES string of the molecule is C=C(C)C(=O)O.C=C(C)C(=O)OCCS(=O)(=O)[O-].[Na+]. The van der Waals surface area contributed by atoms with E-state index in [4.69, 9.17) is 5.11 Å². The van der Waals surface area contributed by atoms with E-state index in [9.17, 15) is 22.6 Å². The number of carboxylic acid groups (broad SMARTS) is 1. The zero-order valence-corrected chi connectivity index (χ0v) is 13.9. The second-order valence-corrected chi connectivity index (χ2v) is 4.79. The molecule has 0 atom stereocenters. The van der Waals surface area contributed by atoms with Crippen LogP contribution in [0.4, 0.5) is 0 Å². The fourth-order valence-electron chi connectivity index (χ4n) is 0.360. The molecule has 0 radical (unpaired) electrons. The Morgan fingerprint density at radius 2 is 1.58 bits per heavy atom. The third-order valence-corrected chi connectivity index (χ3v) is 1.95. The van der Waals surface area contributed by atoms with Crippen molar-refractivity contribution in [3.8, 4) is 0 Å². The number of rotatable bonds is 5. The van der Waals surface area contributed by atoms with Crippen LogP contribution in [-0.4, -0.2) is 42.4 Å². The van der Waals surface area contributed by atoms with Crippen LogP contribution in [0.1, 0.15) is 13.8 Å². The number of carbonyl (C=O) groups is 2. The molecule has 0 aliphatic carbocycles. The maximum atomic E-state index is 10.6. The van der Waals surface area contributed by atoms with Gasteiger partial charge in [0.1, 0.15) is 6.61 Å². The molecule has 0 rings (SSSR count). The van der Waals surface area contributed by atoms with Crippen LogP contribution < -0.4 is 29.6 Å². The number of hydrogen-bond acceptors (Lipinski definition) is 6. The normalized spacial score (nSPS) is 9.21. The van der Waals surface area contributed by atoms with Crippen LogP contribution in [0.3, 0.4) is 0 Å². The third-order valence-electron chi connectivity index (χ3n) is 1.28. The maximum absolute atomic E-state index is 10.6. The molecule has 1 N–H and O–H groups in total. The topological polar surface area (TPSA) is 121 Å². The molecular weight excluding hydrogens is 287 g/mol. The Labute approximate surface area is 134 Å². The van der Waals surface area contributed by atoms with Gasteiger partial charge in [0.25, 0.3) is 0 Å². The molecule has 0 amide bonds. The van der Waals surface area contributed by atoms with Crippen molar-refractivity contribution in [2.75, 3.05) is 12.4 Å². The van der Waals surface area contributed by atoms with Gasteiger partial charge in [-0.15, -0.1) is 0 Å². The number of ether oxygens (including phenoxy) is 1. The van der Waals surface area contributed by atoms with Crippen molar-refractivity contribution in [3.63, 3.8) is 0 Å². The first-order chi connectivity index (χ1) is 7.97. The van der Waals surface area contributed by atoms with Crippen LogP contribution in [-0.2, 0) is 24.4 Å². The van der Waals surface area contributed by atoms with Crippen LogP contribution in [0.15, 0.2) is 24.3 Å². The van der Waals surface area contributed by atoms with Crippen LogP contribution in [0.25, 0.3) is 0 Å². The molecule has 7 nitrogen and oxygen atoms in total. The second kappa shape index (κ2) is 11.2. The number of hydrogen-bond donors (Lipinski definition) is 1. The van der Waals surface area contributed by atoms with Gasteiger partial charge in [-0.25, -0.2) is 18.0 Å². The molecule has 0 unspecified atom stereocenters. The summed E-state index contributed by atoms with van der Waals surface area (Å²) >= 11 is 0. The van der Waals surface area contributed by atoms with Gasteiger partial charge < -0.3 is 14.4 Å². The van der Waals surface area contributed by atoms with Gasteiger partial charge in [0.2, 0.25) is 0 Å². The van der Waals surface area contributed by atoms with Crippen molar-refractivity contribution in [3.05, 3.63) is 24.3 Å². The Hall–Kier alpha value is -0.670. The number of aliphatic carboxylic acids is 1. The molecule has 104 valence electrons. The molecule has 9 heteroatoms. The molecule has 0 bridgehead atoms. The fourth-order valence-corrected chi connectivity index (χ4v) is 0.647. The Bertz CT molecular complexity index is 427. The molecule has 0 aliphatic heterocycles. The van der Waals surface area contributed by atoms with Crippen molar-refractivity contribution < 1.29 is 62.0 Å². The first kappa shape index (κ1) is 23.4. The summed E-state index contributed by atoms with van der Waals surface area (Å²) in [6.45, 7) is 8.88. The first-order valence-corrected chi connectivity index (χ1v) is 6.20. The zero-order chi connectivity index (χ0) is 14.9. The smallest absolute Gasteiger partial charge is 0.748 e. The Kier molecular flexibility index (Phi) is 13.8. The standard InChI is InChI=1S/C6H10O5S.C4H6O2.Na/c1-5(2)6(7)11-3-4-12(8,9)10;1-3(2)4(5)6;/h1,3-4H2,2H3,(H,8,9,10);1H2,2H3,(H,5,6);/q;;+1/p-1. The van der Waals surface area contributed by atoms with E-state index in [0.717, 1.165) is 0 Å². The average Bonchev–Trinajstić information content (AvgIpc) is 2.16. The van der Waals surface area contributed by atoms with Crippen molar-refractivity contribution in [1.82, 2.24) is 0 Å². The number of carboxylic acids is 1. The summed E-state index contributed by atoms with van der Waals surface area (Å²) in [6, 6.07) is 0. The summed E-state index contributed by atoms with van der Waals surface area (Å²) in [5.41, 5.74) is 0.341. The molecule has 0 spiro atoms. The molecule has 0 aliphatic rings. The van der Waals surface area contributed by atoms with Crippen LogP contribution in [0.5, 0.6) is 0 Å². The summed E-state index contributed by atoms with van der Waals surface area (Å²) < 4.78 is 34.4. The summed E-state index contributed by atoms with van der Waals surface area (Å²) in [6.07, 6.45) is 0. The number of carbonyl (C=O) groups excluding carboxylic acids is 1. The van der Waals surface area contributed by atoms with E-state index < -0.39 is 34.4 Å². The molecule has 0 aromatic rings. The molecule has 0 aromatic heterocycles. The maximum Gasteiger partial charge on any atom is 1.00 e. The van der Waals surface area contributed by atoms with E-state index in [1.165, 1.54) is 13.8 Å². The van der Waals surface area contributed by atoms with Crippen molar-refractivity contribution in [1.29, 1.82) is 0 Å². The summed E-state index contributed by atoms with van der Waals surface area (Å²) in [5.74, 6) is -2.33. The minimum atomic E-state index is -4.30. The molecule has 0 aromatic carbocycles. The van der Waals surface area contributed by atoms with E-state index in [2.05, 4.69) is 17.9 Å². The van der Waals surface area contributed by atoms with Crippen LogP contribution in [0, 0.1) is 0 Å². The Morgan fingerprint density at radius 1 is 1.21 bits per heavy atom. The average molecular weight is 302 g/mol. The first-order valence-electron chi connectivity index (χ1n) is 4.62. The fraction of sp³-hybridized carbons (Fsp3) is 0.400. The summed E-state index contributed by atoms with van der Waals surface area (Å²) in [4.78, 5) is 20.2. The quantitative estimate of drug-likeness (QED) is 0.254. The molecule has 0 fully saturated rings. The Morgan fingerprint density at radius 3 is 1.79 bits per heavy atom. The van der Waals surface area contributed by atoms with Crippen molar-refractivity contribution in [2.24, 2.45) is 0 Å². The van der Waals surface area contributed by atoms with E-state index in [1.54, 1.807) is 0 Å². The van der Waals surface area contributed by atoms with Gasteiger partial charge in [0.05, 0.1) is 15.9 Å². The third kappa shape index (κ3) is 19.8. The summed E-state index contributed by atoms with van der Waals surface area (Å²) in [7, 11) is -4.30. The minimum Gasteiger partial charge on any atom is -0.748 e. The van der Waals surface area contributed by atoms with Gasteiger partial charge in [-0.2, -0.15) is 0 Å². The van der Waals surface area contributed by atoms with Gasteiger partial charge in [-0.3, -0.25) is 0 Å². The van der Waals surface area contributed by atoms with Gasteiger partial charge in [-0.1, -0.05) is 13.2 Å². The van der Waals surface area contributed by atoms with E-state index >= 15 is 0 Å². The van der Waals surface area contributed by atoms with E-state index in [0.29, 0.717) is 0 Å². The van der Waals surface area contributed by atoms with Gasteiger partial charge in [0, 0.05) is 11.1 Å². The predicted molar refractivity (Wildman–Crippen MR) is 62.8 cm³/mol.